The van der Waals surface area contributed by atoms with Gasteiger partial charge in [0.05, 0.1) is 41.5 Å². The lowest BCUT2D eigenvalue weighted by Gasteiger charge is -2.12. The Kier molecular flexibility index (Phi) is 5.79. The molecule has 0 atom stereocenters. The van der Waals surface area contributed by atoms with E-state index in [4.69, 9.17) is 9.72 Å². The molecule has 0 aliphatic carbocycles. The van der Waals surface area contributed by atoms with Crippen LogP contribution in [0.25, 0.3) is 27.8 Å². The standard InChI is InChI=1S/C29H26N4O2/c1-18-6-5-7-21(14-18)31-29(34)25-16-28(32-27-13-8-19(2)15-24(25)27)26-17-30-33(20(26)3)22-9-11-23(35-4)12-10-22/h5-17H,1-4H3,(H,31,34). The third-order valence-corrected chi connectivity index (χ3v) is 6.09. The number of carbonyl (C=O) groups excluding carboxylic acids is 1. The summed E-state index contributed by atoms with van der Waals surface area (Å²) in [6, 6.07) is 23.3. The predicted octanol–water partition coefficient (Wildman–Crippen LogP) is 6.27. The van der Waals surface area contributed by atoms with Crippen molar-refractivity contribution in [2.24, 2.45) is 0 Å². The maximum Gasteiger partial charge on any atom is 0.256 e. The Labute approximate surface area is 204 Å². The van der Waals surface area contributed by atoms with Crippen molar-refractivity contribution >= 4 is 22.5 Å². The highest BCUT2D eigenvalue weighted by Gasteiger charge is 2.18. The Hall–Kier alpha value is -4.45. The number of amides is 1. The molecule has 0 aliphatic rings. The molecule has 0 fully saturated rings. The lowest BCUT2D eigenvalue weighted by Crippen LogP contribution is -2.13. The number of carbonyl (C=O) groups is 1. The minimum Gasteiger partial charge on any atom is -0.497 e. The second-order valence-electron chi connectivity index (χ2n) is 8.65. The molecule has 174 valence electrons. The van der Waals surface area contributed by atoms with Crippen LogP contribution in [0.4, 0.5) is 5.69 Å². The number of ether oxygens (including phenoxy) is 1. The Balaban J connectivity index is 1.59. The van der Waals surface area contributed by atoms with E-state index in [1.807, 2.05) is 98.2 Å². The first kappa shape index (κ1) is 22.3. The highest BCUT2D eigenvalue weighted by molar-refractivity contribution is 6.13. The molecule has 1 amide bonds. The summed E-state index contributed by atoms with van der Waals surface area (Å²) in [6.45, 7) is 6.01. The van der Waals surface area contributed by atoms with E-state index in [2.05, 4.69) is 10.4 Å². The number of aryl methyl sites for hydroxylation is 2. The van der Waals surface area contributed by atoms with Gasteiger partial charge in [-0.3, -0.25) is 4.79 Å². The molecule has 2 heterocycles. The predicted molar refractivity (Wildman–Crippen MR) is 139 cm³/mol. The first-order valence-electron chi connectivity index (χ1n) is 11.4. The van der Waals surface area contributed by atoms with Crippen molar-refractivity contribution in [3.8, 4) is 22.7 Å². The summed E-state index contributed by atoms with van der Waals surface area (Å²) in [7, 11) is 1.64. The van der Waals surface area contributed by atoms with Crippen molar-refractivity contribution in [3.63, 3.8) is 0 Å². The zero-order valence-corrected chi connectivity index (χ0v) is 20.2. The fourth-order valence-electron chi connectivity index (χ4n) is 4.23. The zero-order valence-electron chi connectivity index (χ0n) is 20.2. The van der Waals surface area contributed by atoms with Crippen LogP contribution in [0.5, 0.6) is 5.75 Å². The van der Waals surface area contributed by atoms with Crippen LogP contribution >= 0.6 is 0 Å². The monoisotopic (exact) mass is 462 g/mol. The van der Waals surface area contributed by atoms with Crippen molar-refractivity contribution < 1.29 is 9.53 Å². The number of hydrogen-bond donors (Lipinski definition) is 1. The summed E-state index contributed by atoms with van der Waals surface area (Å²) < 4.78 is 7.13. The lowest BCUT2D eigenvalue weighted by molar-refractivity contribution is 0.102. The van der Waals surface area contributed by atoms with Gasteiger partial charge >= 0.3 is 0 Å². The summed E-state index contributed by atoms with van der Waals surface area (Å²) in [5.74, 6) is 0.615. The van der Waals surface area contributed by atoms with Crippen LogP contribution in [-0.4, -0.2) is 27.8 Å². The molecule has 5 aromatic rings. The molecule has 0 saturated heterocycles. The number of anilines is 1. The van der Waals surface area contributed by atoms with E-state index >= 15 is 0 Å². The number of fused-ring (bicyclic) bond motifs is 1. The molecule has 0 spiro atoms. The van der Waals surface area contributed by atoms with Crippen LogP contribution in [-0.2, 0) is 0 Å². The van der Waals surface area contributed by atoms with Crippen molar-refractivity contribution in [2.45, 2.75) is 20.8 Å². The maximum atomic E-state index is 13.4. The van der Waals surface area contributed by atoms with Gasteiger partial charge in [0.25, 0.3) is 5.91 Å². The van der Waals surface area contributed by atoms with E-state index in [0.29, 0.717) is 11.3 Å². The van der Waals surface area contributed by atoms with Gasteiger partial charge in [-0.25, -0.2) is 9.67 Å². The fraction of sp³-hybridized carbons (Fsp3) is 0.138. The Morgan fingerprint density at radius 1 is 0.914 bits per heavy atom. The molecule has 0 saturated carbocycles. The lowest BCUT2D eigenvalue weighted by atomic mass is 10.0. The van der Waals surface area contributed by atoms with E-state index in [9.17, 15) is 4.79 Å². The van der Waals surface area contributed by atoms with E-state index in [-0.39, 0.29) is 5.91 Å². The van der Waals surface area contributed by atoms with Gasteiger partial charge in [0, 0.05) is 16.6 Å². The Morgan fingerprint density at radius 3 is 2.43 bits per heavy atom. The molecule has 0 unspecified atom stereocenters. The van der Waals surface area contributed by atoms with Crippen molar-refractivity contribution in [2.75, 3.05) is 12.4 Å². The van der Waals surface area contributed by atoms with Gasteiger partial charge < -0.3 is 10.1 Å². The zero-order chi connectivity index (χ0) is 24.5. The largest absolute Gasteiger partial charge is 0.497 e. The topological polar surface area (TPSA) is 69.0 Å². The average molecular weight is 463 g/mol. The number of methoxy groups -OCH3 is 1. The van der Waals surface area contributed by atoms with Gasteiger partial charge in [-0.2, -0.15) is 5.10 Å². The molecule has 0 radical (unpaired) electrons. The number of nitrogens with zero attached hydrogens (tertiary/aromatic N) is 3. The quantitative estimate of drug-likeness (QED) is 0.334. The fourth-order valence-corrected chi connectivity index (χ4v) is 4.23. The summed E-state index contributed by atoms with van der Waals surface area (Å²) in [5.41, 5.74) is 7.67. The summed E-state index contributed by atoms with van der Waals surface area (Å²) in [4.78, 5) is 18.3. The van der Waals surface area contributed by atoms with Crippen LogP contribution in [0.2, 0.25) is 0 Å². The first-order chi connectivity index (χ1) is 16.9. The molecule has 6 nitrogen and oxygen atoms in total. The molecule has 35 heavy (non-hydrogen) atoms. The van der Waals surface area contributed by atoms with Crippen LogP contribution in [0.15, 0.2) is 79.0 Å². The second-order valence-corrected chi connectivity index (χ2v) is 8.65. The minimum atomic E-state index is -0.171. The number of aromatic nitrogens is 3. The molecule has 0 aliphatic heterocycles. The van der Waals surface area contributed by atoms with Crippen LogP contribution in [0.3, 0.4) is 0 Å². The number of benzene rings is 3. The van der Waals surface area contributed by atoms with Crippen molar-refractivity contribution in [1.82, 2.24) is 14.8 Å². The first-order valence-corrected chi connectivity index (χ1v) is 11.4. The van der Waals surface area contributed by atoms with E-state index in [0.717, 1.165) is 50.4 Å². The average Bonchev–Trinajstić information content (AvgIpc) is 3.24. The highest BCUT2D eigenvalue weighted by atomic mass is 16.5. The van der Waals surface area contributed by atoms with Gasteiger partial charge in [0.2, 0.25) is 0 Å². The normalized spacial score (nSPS) is 11.0. The van der Waals surface area contributed by atoms with Crippen LogP contribution < -0.4 is 10.1 Å². The van der Waals surface area contributed by atoms with Crippen LogP contribution in [0.1, 0.15) is 27.2 Å². The second kappa shape index (κ2) is 9.06. The molecular weight excluding hydrogens is 436 g/mol. The van der Waals surface area contributed by atoms with E-state index in [1.165, 1.54) is 0 Å². The molecule has 5 rings (SSSR count). The number of hydrogen-bond acceptors (Lipinski definition) is 4. The Morgan fingerprint density at radius 2 is 1.69 bits per heavy atom. The molecule has 2 aromatic heterocycles. The highest BCUT2D eigenvalue weighted by Crippen LogP contribution is 2.29. The van der Waals surface area contributed by atoms with Gasteiger partial charge in [0.1, 0.15) is 5.75 Å². The van der Waals surface area contributed by atoms with Gasteiger partial charge in [-0.15, -0.1) is 0 Å². The molecule has 1 N–H and O–H groups in total. The van der Waals surface area contributed by atoms with E-state index in [1.54, 1.807) is 13.3 Å². The minimum absolute atomic E-state index is 0.171. The van der Waals surface area contributed by atoms with E-state index < -0.39 is 0 Å². The number of rotatable bonds is 5. The SMILES string of the molecule is COc1ccc(-n2ncc(-c3cc(C(=O)Nc4cccc(C)c4)c4cc(C)ccc4n3)c2C)cc1. The Bertz CT molecular complexity index is 1550. The molecule has 6 heteroatoms. The summed E-state index contributed by atoms with van der Waals surface area (Å²) >= 11 is 0. The molecular formula is C29H26N4O2. The van der Waals surface area contributed by atoms with Gasteiger partial charge in [-0.1, -0.05) is 23.8 Å². The number of nitrogens with one attached hydrogen (secondary N) is 1. The molecule has 3 aromatic carbocycles. The molecule has 0 bridgehead atoms. The third kappa shape index (κ3) is 4.38. The van der Waals surface area contributed by atoms with Crippen molar-refractivity contribution in [3.05, 3.63) is 101 Å². The van der Waals surface area contributed by atoms with Crippen molar-refractivity contribution in [1.29, 1.82) is 0 Å². The van der Waals surface area contributed by atoms with Gasteiger partial charge in [-0.05, 0) is 80.9 Å². The third-order valence-electron chi connectivity index (χ3n) is 6.09. The summed E-state index contributed by atoms with van der Waals surface area (Å²) in [5, 5.41) is 8.46. The number of pyridine rings is 1. The summed E-state index contributed by atoms with van der Waals surface area (Å²) in [6.07, 6.45) is 1.80. The smallest absolute Gasteiger partial charge is 0.256 e. The maximum absolute atomic E-state index is 13.4. The van der Waals surface area contributed by atoms with Crippen LogP contribution in [0, 0.1) is 20.8 Å². The van der Waals surface area contributed by atoms with Gasteiger partial charge in [0.15, 0.2) is 0 Å².